The molecule has 0 unspecified atom stereocenters. The summed E-state index contributed by atoms with van der Waals surface area (Å²) in [6.07, 6.45) is 0. The van der Waals surface area contributed by atoms with Crippen LogP contribution in [0.1, 0.15) is 10.6 Å². The number of aromatic nitrogens is 1. The van der Waals surface area contributed by atoms with Gasteiger partial charge in [0.25, 0.3) is 5.91 Å². The first-order valence-corrected chi connectivity index (χ1v) is 8.76. The number of rotatable bonds is 4. The lowest BCUT2D eigenvalue weighted by Crippen LogP contribution is -2.10. The number of hydrogen-bond acceptors (Lipinski definition) is 4. The summed E-state index contributed by atoms with van der Waals surface area (Å²) in [4.78, 5) is 16.8. The summed E-state index contributed by atoms with van der Waals surface area (Å²) in [6, 6.07) is 19.0. The van der Waals surface area contributed by atoms with E-state index in [1.165, 1.54) is 23.5 Å². The van der Waals surface area contributed by atoms with Crippen molar-refractivity contribution in [2.24, 2.45) is 0 Å². The van der Waals surface area contributed by atoms with E-state index in [4.69, 9.17) is 4.42 Å². The second-order valence-electron chi connectivity index (χ2n) is 5.50. The molecule has 0 saturated heterocycles. The third-order valence-electron chi connectivity index (χ3n) is 3.76. The minimum atomic E-state index is -0.429. The van der Waals surface area contributed by atoms with E-state index in [1.54, 1.807) is 24.3 Å². The lowest BCUT2D eigenvalue weighted by atomic mass is 10.1. The van der Waals surface area contributed by atoms with Gasteiger partial charge in [-0.1, -0.05) is 42.5 Å². The average molecular weight is 364 g/mol. The van der Waals surface area contributed by atoms with Crippen molar-refractivity contribution >= 4 is 22.4 Å². The Labute approximate surface area is 152 Å². The second-order valence-corrected chi connectivity index (χ2v) is 6.36. The number of benzene rings is 2. The van der Waals surface area contributed by atoms with Gasteiger partial charge in [0.2, 0.25) is 0 Å². The fraction of sp³-hybridized carbons (Fsp3) is 0. The number of anilines is 1. The van der Waals surface area contributed by atoms with Crippen molar-refractivity contribution in [2.45, 2.75) is 0 Å². The Morgan fingerprint density at radius 3 is 2.58 bits per heavy atom. The van der Waals surface area contributed by atoms with Crippen LogP contribution < -0.4 is 5.32 Å². The largest absolute Gasteiger partial charge is 0.451 e. The molecule has 128 valence electrons. The van der Waals surface area contributed by atoms with Crippen LogP contribution in [0, 0.1) is 5.82 Å². The van der Waals surface area contributed by atoms with Crippen LogP contribution in [0.15, 0.2) is 76.5 Å². The predicted octanol–water partition coefficient (Wildman–Crippen LogP) is 5.46. The molecule has 2 heterocycles. The van der Waals surface area contributed by atoms with Gasteiger partial charge in [0.05, 0.1) is 11.3 Å². The first-order valence-electron chi connectivity index (χ1n) is 7.88. The smallest absolute Gasteiger partial charge is 0.293 e. The van der Waals surface area contributed by atoms with Crippen molar-refractivity contribution < 1.29 is 13.6 Å². The molecular formula is C20H13FN2O2S. The van der Waals surface area contributed by atoms with Crippen LogP contribution in [0.3, 0.4) is 0 Å². The summed E-state index contributed by atoms with van der Waals surface area (Å²) in [5.74, 6) is -0.431. The average Bonchev–Trinajstić information content (AvgIpc) is 3.33. The van der Waals surface area contributed by atoms with Gasteiger partial charge in [0.15, 0.2) is 10.9 Å². The van der Waals surface area contributed by atoms with Crippen molar-refractivity contribution in [2.75, 3.05) is 5.32 Å². The lowest BCUT2D eigenvalue weighted by Gasteiger charge is -2.00. The number of nitrogens with zero attached hydrogens (tertiary/aromatic N) is 1. The number of carbonyl (C=O) groups is 1. The number of amides is 1. The minimum absolute atomic E-state index is 0.0970. The van der Waals surface area contributed by atoms with E-state index in [9.17, 15) is 9.18 Å². The van der Waals surface area contributed by atoms with E-state index in [2.05, 4.69) is 10.3 Å². The van der Waals surface area contributed by atoms with Crippen molar-refractivity contribution in [3.8, 4) is 22.6 Å². The standard InChI is InChI=1S/C20H13FN2O2S/c21-15-9-5-4-8-14(15)17-10-11-18(25-17)19(24)23-20-22-16(12-26-20)13-6-2-1-3-7-13/h1-12H,(H,22,23,24). The Kier molecular flexibility index (Phi) is 4.33. The molecule has 0 aliphatic rings. The van der Waals surface area contributed by atoms with Gasteiger partial charge < -0.3 is 4.42 Å². The normalized spacial score (nSPS) is 10.7. The van der Waals surface area contributed by atoms with E-state index in [0.29, 0.717) is 16.5 Å². The summed E-state index contributed by atoms with van der Waals surface area (Å²) < 4.78 is 19.3. The molecule has 0 spiro atoms. The molecule has 26 heavy (non-hydrogen) atoms. The molecule has 4 nitrogen and oxygen atoms in total. The molecule has 0 bridgehead atoms. The maximum atomic E-state index is 13.8. The fourth-order valence-corrected chi connectivity index (χ4v) is 3.21. The maximum absolute atomic E-state index is 13.8. The van der Waals surface area contributed by atoms with Crippen LogP contribution in [0.4, 0.5) is 9.52 Å². The van der Waals surface area contributed by atoms with Gasteiger partial charge in [-0.2, -0.15) is 0 Å². The van der Waals surface area contributed by atoms with Crippen LogP contribution in [-0.4, -0.2) is 10.9 Å². The molecular weight excluding hydrogens is 351 g/mol. The number of thiazole rings is 1. The number of halogens is 1. The Hall–Kier alpha value is -3.25. The SMILES string of the molecule is O=C(Nc1nc(-c2ccccc2)cs1)c1ccc(-c2ccccc2F)o1. The molecule has 0 radical (unpaired) electrons. The Bertz CT molecular complexity index is 1060. The first-order chi connectivity index (χ1) is 12.7. The minimum Gasteiger partial charge on any atom is -0.451 e. The van der Waals surface area contributed by atoms with E-state index in [0.717, 1.165) is 11.3 Å². The molecule has 1 amide bonds. The quantitative estimate of drug-likeness (QED) is 0.523. The van der Waals surface area contributed by atoms with Gasteiger partial charge in [-0.3, -0.25) is 10.1 Å². The van der Waals surface area contributed by atoms with Gasteiger partial charge in [0, 0.05) is 10.9 Å². The van der Waals surface area contributed by atoms with Crippen molar-refractivity contribution in [1.82, 2.24) is 4.98 Å². The highest BCUT2D eigenvalue weighted by Crippen LogP contribution is 2.27. The Morgan fingerprint density at radius 2 is 1.77 bits per heavy atom. The molecule has 2 aromatic carbocycles. The van der Waals surface area contributed by atoms with Gasteiger partial charge in [-0.15, -0.1) is 11.3 Å². The zero-order chi connectivity index (χ0) is 17.9. The molecule has 0 fully saturated rings. The maximum Gasteiger partial charge on any atom is 0.293 e. The van der Waals surface area contributed by atoms with Crippen LogP contribution in [0.5, 0.6) is 0 Å². The summed E-state index contributed by atoms with van der Waals surface area (Å²) in [6.45, 7) is 0. The molecule has 2 aromatic heterocycles. The van der Waals surface area contributed by atoms with Crippen LogP contribution in [-0.2, 0) is 0 Å². The molecule has 4 aromatic rings. The highest BCUT2D eigenvalue weighted by Gasteiger charge is 2.16. The van der Waals surface area contributed by atoms with Gasteiger partial charge in [0.1, 0.15) is 11.6 Å². The summed E-state index contributed by atoms with van der Waals surface area (Å²) in [5, 5.41) is 5.05. The molecule has 0 saturated carbocycles. The Morgan fingerprint density at radius 1 is 1.00 bits per heavy atom. The summed E-state index contributed by atoms with van der Waals surface area (Å²) >= 11 is 1.33. The zero-order valence-corrected chi connectivity index (χ0v) is 14.3. The molecule has 6 heteroatoms. The molecule has 0 atom stereocenters. The van der Waals surface area contributed by atoms with E-state index in [1.807, 2.05) is 35.7 Å². The summed E-state index contributed by atoms with van der Waals surface area (Å²) in [5.41, 5.74) is 2.08. The van der Waals surface area contributed by atoms with Crippen molar-refractivity contribution in [3.05, 3.63) is 83.7 Å². The Balaban J connectivity index is 1.51. The third kappa shape index (κ3) is 3.27. The van der Waals surface area contributed by atoms with E-state index in [-0.39, 0.29) is 5.76 Å². The van der Waals surface area contributed by atoms with Crippen molar-refractivity contribution in [3.63, 3.8) is 0 Å². The zero-order valence-electron chi connectivity index (χ0n) is 13.5. The molecule has 1 N–H and O–H groups in total. The molecule has 0 aliphatic carbocycles. The number of carbonyl (C=O) groups excluding carboxylic acids is 1. The monoisotopic (exact) mass is 364 g/mol. The number of nitrogens with one attached hydrogen (secondary N) is 1. The highest BCUT2D eigenvalue weighted by molar-refractivity contribution is 7.14. The van der Waals surface area contributed by atoms with Crippen LogP contribution >= 0.6 is 11.3 Å². The number of furan rings is 1. The van der Waals surface area contributed by atoms with E-state index >= 15 is 0 Å². The van der Waals surface area contributed by atoms with Gasteiger partial charge >= 0.3 is 0 Å². The predicted molar refractivity (Wildman–Crippen MR) is 99.6 cm³/mol. The number of hydrogen-bond donors (Lipinski definition) is 1. The summed E-state index contributed by atoms with van der Waals surface area (Å²) in [7, 11) is 0. The van der Waals surface area contributed by atoms with Gasteiger partial charge in [-0.25, -0.2) is 9.37 Å². The highest BCUT2D eigenvalue weighted by atomic mass is 32.1. The van der Waals surface area contributed by atoms with Crippen molar-refractivity contribution in [1.29, 1.82) is 0 Å². The second kappa shape index (κ2) is 6.93. The van der Waals surface area contributed by atoms with E-state index < -0.39 is 11.7 Å². The lowest BCUT2D eigenvalue weighted by molar-refractivity contribution is 0.0997. The topological polar surface area (TPSA) is 55.1 Å². The fourth-order valence-electron chi connectivity index (χ4n) is 2.50. The van der Waals surface area contributed by atoms with Gasteiger partial charge in [-0.05, 0) is 24.3 Å². The third-order valence-corrected chi connectivity index (χ3v) is 4.52. The first kappa shape index (κ1) is 16.2. The van der Waals surface area contributed by atoms with Crippen LogP contribution in [0.25, 0.3) is 22.6 Å². The van der Waals surface area contributed by atoms with Crippen LogP contribution in [0.2, 0.25) is 0 Å². The molecule has 0 aliphatic heterocycles. The molecule has 4 rings (SSSR count).